The van der Waals surface area contributed by atoms with Crippen LogP contribution in [0.2, 0.25) is 0 Å². The summed E-state index contributed by atoms with van der Waals surface area (Å²) in [4.78, 5) is 25.3. The lowest BCUT2D eigenvalue weighted by atomic mass is 9.97. The second-order valence-electron chi connectivity index (χ2n) is 6.43. The van der Waals surface area contributed by atoms with Crippen molar-refractivity contribution in [2.24, 2.45) is 5.92 Å². The van der Waals surface area contributed by atoms with Crippen LogP contribution in [-0.2, 0) is 11.3 Å². The number of hydrogen-bond donors (Lipinski definition) is 1. The number of rotatable bonds is 6. The summed E-state index contributed by atoms with van der Waals surface area (Å²) in [7, 11) is 0. The lowest BCUT2D eigenvalue weighted by Crippen LogP contribution is -2.43. The molecule has 6 nitrogen and oxygen atoms in total. The van der Waals surface area contributed by atoms with E-state index in [2.05, 4.69) is 18.9 Å². The Morgan fingerprint density at radius 2 is 2.18 bits per heavy atom. The first-order valence-corrected chi connectivity index (χ1v) is 8.02. The molecule has 0 radical (unpaired) electrons. The van der Waals surface area contributed by atoms with Gasteiger partial charge in [0.2, 0.25) is 0 Å². The second-order valence-corrected chi connectivity index (χ2v) is 6.43. The average Bonchev–Trinajstić information content (AvgIpc) is 2.92. The van der Waals surface area contributed by atoms with Crippen LogP contribution in [0.1, 0.15) is 56.3 Å². The van der Waals surface area contributed by atoms with Crippen LogP contribution in [0, 0.1) is 5.92 Å². The molecule has 1 aromatic rings. The van der Waals surface area contributed by atoms with E-state index < -0.39 is 5.97 Å². The monoisotopic (exact) mass is 307 g/mol. The summed E-state index contributed by atoms with van der Waals surface area (Å²) in [6.45, 7) is 5.71. The summed E-state index contributed by atoms with van der Waals surface area (Å²) >= 11 is 0. The lowest BCUT2D eigenvalue weighted by Gasteiger charge is -2.35. The highest BCUT2D eigenvalue weighted by atomic mass is 16.4. The molecule has 1 amide bonds. The van der Waals surface area contributed by atoms with Crippen molar-refractivity contribution in [1.29, 1.82) is 0 Å². The van der Waals surface area contributed by atoms with Gasteiger partial charge in [-0.05, 0) is 31.6 Å². The maximum Gasteiger partial charge on any atom is 0.303 e. The SMILES string of the molecule is CC(C)Cn1cc(C(=O)N2CCCCC2CCC(=O)O)cn1. The highest BCUT2D eigenvalue weighted by Crippen LogP contribution is 2.23. The van der Waals surface area contributed by atoms with Crippen molar-refractivity contribution in [3.8, 4) is 0 Å². The van der Waals surface area contributed by atoms with Gasteiger partial charge in [-0.1, -0.05) is 13.8 Å². The zero-order chi connectivity index (χ0) is 16.1. The molecule has 1 aliphatic rings. The Bertz CT molecular complexity index is 524. The number of likely N-dealkylation sites (tertiary alicyclic amines) is 1. The Morgan fingerprint density at radius 3 is 2.86 bits per heavy atom. The van der Waals surface area contributed by atoms with Crippen molar-refractivity contribution < 1.29 is 14.7 Å². The van der Waals surface area contributed by atoms with E-state index in [-0.39, 0.29) is 18.4 Å². The van der Waals surface area contributed by atoms with Gasteiger partial charge in [0.1, 0.15) is 0 Å². The van der Waals surface area contributed by atoms with E-state index in [1.807, 2.05) is 4.90 Å². The molecule has 1 saturated heterocycles. The van der Waals surface area contributed by atoms with Crippen molar-refractivity contribution in [3.63, 3.8) is 0 Å². The van der Waals surface area contributed by atoms with E-state index in [0.29, 0.717) is 24.4 Å². The zero-order valence-electron chi connectivity index (χ0n) is 13.4. The van der Waals surface area contributed by atoms with E-state index in [0.717, 1.165) is 25.8 Å². The predicted octanol–water partition coefficient (Wildman–Crippen LogP) is 2.40. The first kappa shape index (κ1) is 16.5. The Kier molecular flexibility index (Phi) is 5.57. The number of amides is 1. The molecular weight excluding hydrogens is 282 g/mol. The number of carbonyl (C=O) groups is 2. The van der Waals surface area contributed by atoms with Crippen molar-refractivity contribution >= 4 is 11.9 Å². The highest BCUT2D eigenvalue weighted by molar-refractivity contribution is 5.94. The molecule has 0 aromatic carbocycles. The maximum atomic E-state index is 12.7. The zero-order valence-corrected chi connectivity index (χ0v) is 13.4. The second kappa shape index (κ2) is 7.42. The van der Waals surface area contributed by atoms with Crippen LogP contribution in [0.4, 0.5) is 0 Å². The Labute approximate surface area is 131 Å². The van der Waals surface area contributed by atoms with Crippen LogP contribution in [-0.4, -0.2) is 44.3 Å². The average molecular weight is 307 g/mol. The van der Waals surface area contributed by atoms with Gasteiger partial charge in [0.25, 0.3) is 5.91 Å². The smallest absolute Gasteiger partial charge is 0.303 e. The van der Waals surface area contributed by atoms with Crippen LogP contribution in [0.3, 0.4) is 0 Å². The predicted molar refractivity (Wildman–Crippen MR) is 82.6 cm³/mol. The fourth-order valence-electron chi connectivity index (χ4n) is 2.97. The number of carboxylic acid groups (broad SMARTS) is 1. The normalized spacial score (nSPS) is 18.7. The molecule has 6 heteroatoms. The summed E-state index contributed by atoms with van der Waals surface area (Å²) in [6.07, 6.45) is 6.98. The number of carbonyl (C=O) groups excluding carboxylic acids is 1. The van der Waals surface area contributed by atoms with Crippen LogP contribution in [0.5, 0.6) is 0 Å². The van der Waals surface area contributed by atoms with Crippen molar-refractivity contribution in [3.05, 3.63) is 18.0 Å². The molecule has 1 aliphatic heterocycles. The largest absolute Gasteiger partial charge is 0.481 e. The maximum absolute atomic E-state index is 12.7. The van der Waals surface area contributed by atoms with Gasteiger partial charge in [-0.2, -0.15) is 5.10 Å². The van der Waals surface area contributed by atoms with Gasteiger partial charge in [-0.15, -0.1) is 0 Å². The van der Waals surface area contributed by atoms with Crippen LogP contribution >= 0.6 is 0 Å². The molecule has 0 spiro atoms. The van der Waals surface area contributed by atoms with Crippen molar-refractivity contribution in [2.45, 2.75) is 58.5 Å². The third-order valence-electron chi connectivity index (χ3n) is 4.01. The Morgan fingerprint density at radius 1 is 1.41 bits per heavy atom. The summed E-state index contributed by atoms with van der Waals surface area (Å²) < 4.78 is 1.80. The van der Waals surface area contributed by atoms with E-state index in [1.165, 1.54) is 0 Å². The van der Waals surface area contributed by atoms with Crippen LogP contribution < -0.4 is 0 Å². The Hall–Kier alpha value is -1.85. The summed E-state index contributed by atoms with van der Waals surface area (Å²) in [6, 6.07) is 0.0331. The molecule has 1 aromatic heterocycles. The fourth-order valence-corrected chi connectivity index (χ4v) is 2.97. The lowest BCUT2D eigenvalue weighted by molar-refractivity contribution is -0.137. The fraction of sp³-hybridized carbons (Fsp3) is 0.688. The standard InChI is InChI=1S/C16H25N3O3/c1-12(2)10-18-11-13(9-17-18)16(22)19-8-4-3-5-14(19)6-7-15(20)21/h9,11-12,14H,3-8,10H2,1-2H3,(H,20,21). The number of piperidine rings is 1. The summed E-state index contributed by atoms with van der Waals surface area (Å²) in [5.41, 5.74) is 0.600. The molecule has 0 saturated carbocycles. The number of aliphatic carboxylic acids is 1. The van der Waals surface area contributed by atoms with Gasteiger partial charge in [0.15, 0.2) is 0 Å². The van der Waals surface area contributed by atoms with Crippen molar-refractivity contribution in [1.82, 2.24) is 14.7 Å². The number of aromatic nitrogens is 2. The molecule has 1 fully saturated rings. The minimum Gasteiger partial charge on any atom is -0.481 e. The van der Waals surface area contributed by atoms with Gasteiger partial charge >= 0.3 is 5.97 Å². The summed E-state index contributed by atoms with van der Waals surface area (Å²) in [5, 5.41) is 13.1. The van der Waals surface area contributed by atoms with Gasteiger partial charge in [0.05, 0.1) is 11.8 Å². The third kappa shape index (κ3) is 4.32. The molecule has 1 atom stereocenters. The van der Waals surface area contributed by atoms with E-state index >= 15 is 0 Å². The quantitative estimate of drug-likeness (QED) is 0.875. The number of nitrogens with zero attached hydrogens (tertiary/aromatic N) is 3. The topological polar surface area (TPSA) is 75.4 Å². The molecular formula is C16H25N3O3. The van der Waals surface area contributed by atoms with Gasteiger partial charge in [-0.25, -0.2) is 0 Å². The van der Waals surface area contributed by atoms with Gasteiger partial charge in [0, 0.05) is 31.7 Å². The first-order chi connectivity index (χ1) is 10.5. The molecule has 1 unspecified atom stereocenters. The van der Waals surface area contributed by atoms with Crippen molar-refractivity contribution in [2.75, 3.05) is 6.54 Å². The number of hydrogen-bond acceptors (Lipinski definition) is 3. The molecule has 122 valence electrons. The number of carboxylic acids is 1. The summed E-state index contributed by atoms with van der Waals surface area (Å²) in [5.74, 6) is -0.353. The highest BCUT2D eigenvalue weighted by Gasteiger charge is 2.28. The molecule has 22 heavy (non-hydrogen) atoms. The van der Waals surface area contributed by atoms with E-state index in [1.54, 1.807) is 17.1 Å². The molecule has 2 rings (SSSR count). The third-order valence-corrected chi connectivity index (χ3v) is 4.01. The molecule has 0 aliphatic carbocycles. The van der Waals surface area contributed by atoms with Gasteiger partial charge in [-0.3, -0.25) is 14.3 Å². The van der Waals surface area contributed by atoms with Gasteiger partial charge < -0.3 is 10.0 Å². The Balaban J connectivity index is 2.04. The molecule has 0 bridgehead atoms. The van der Waals surface area contributed by atoms with E-state index in [4.69, 9.17) is 5.11 Å². The minimum absolute atomic E-state index is 0.0231. The molecule has 1 N–H and O–H groups in total. The molecule has 2 heterocycles. The minimum atomic E-state index is -0.803. The van der Waals surface area contributed by atoms with Crippen LogP contribution in [0.15, 0.2) is 12.4 Å². The first-order valence-electron chi connectivity index (χ1n) is 8.02. The van der Waals surface area contributed by atoms with E-state index in [9.17, 15) is 9.59 Å². The van der Waals surface area contributed by atoms with Crippen LogP contribution in [0.25, 0.3) is 0 Å².